The summed E-state index contributed by atoms with van der Waals surface area (Å²) in [6.07, 6.45) is 7.69. The van der Waals surface area contributed by atoms with Crippen molar-refractivity contribution in [3.8, 4) is 0 Å². The first kappa shape index (κ1) is 12.9. The molecule has 0 aromatic heterocycles. The van der Waals surface area contributed by atoms with Crippen LogP contribution in [0.5, 0.6) is 0 Å². The Hall–Kier alpha value is -0.570. The van der Waals surface area contributed by atoms with E-state index >= 15 is 0 Å². The van der Waals surface area contributed by atoms with Crippen molar-refractivity contribution in [2.24, 2.45) is 11.3 Å². The summed E-state index contributed by atoms with van der Waals surface area (Å²) in [6.45, 7) is 4.71. The maximum Gasteiger partial charge on any atom is 0.312 e. The van der Waals surface area contributed by atoms with Crippen molar-refractivity contribution in [2.45, 2.75) is 51.9 Å². The number of rotatable bonds is 6. The Morgan fingerprint density at radius 2 is 2.06 bits per heavy atom. The minimum Gasteiger partial charge on any atom is -0.465 e. The molecule has 1 aliphatic heterocycles. The lowest BCUT2D eigenvalue weighted by atomic mass is 9.75. The van der Waals surface area contributed by atoms with Gasteiger partial charge in [-0.25, -0.2) is 0 Å². The summed E-state index contributed by atoms with van der Waals surface area (Å²) in [6, 6.07) is 0. The highest BCUT2D eigenvalue weighted by Gasteiger charge is 2.40. The molecule has 1 aliphatic carbocycles. The van der Waals surface area contributed by atoms with E-state index in [4.69, 9.17) is 4.74 Å². The summed E-state index contributed by atoms with van der Waals surface area (Å²) in [4.78, 5) is 12.3. The van der Waals surface area contributed by atoms with Crippen LogP contribution < -0.4 is 5.32 Å². The highest BCUT2D eigenvalue weighted by molar-refractivity contribution is 5.77. The van der Waals surface area contributed by atoms with Crippen LogP contribution in [-0.4, -0.2) is 25.7 Å². The van der Waals surface area contributed by atoms with Crippen LogP contribution in [0.2, 0.25) is 0 Å². The number of piperidine rings is 1. The summed E-state index contributed by atoms with van der Waals surface area (Å²) in [7, 11) is 0. The summed E-state index contributed by atoms with van der Waals surface area (Å²) >= 11 is 0. The van der Waals surface area contributed by atoms with Gasteiger partial charge in [-0.15, -0.1) is 0 Å². The van der Waals surface area contributed by atoms with E-state index in [0.29, 0.717) is 6.61 Å². The molecule has 0 radical (unpaired) electrons. The molecule has 98 valence electrons. The van der Waals surface area contributed by atoms with Crippen LogP contribution in [0.15, 0.2) is 0 Å². The topological polar surface area (TPSA) is 38.3 Å². The summed E-state index contributed by atoms with van der Waals surface area (Å²) < 4.78 is 5.52. The van der Waals surface area contributed by atoms with Crippen LogP contribution in [-0.2, 0) is 9.53 Å². The third-order valence-electron chi connectivity index (χ3n) is 4.18. The first-order valence-corrected chi connectivity index (χ1v) is 7.15. The van der Waals surface area contributed by atoms with Crippen molar-refractivity contribution >= 4 is 5.97 Å². The molecule has 2 aliphatic rings. The van der Waals surface area contributed by atoms with E-state index < -0.39 is 0 Å². The molecular formula is C14H25NO2. The fourth-order valence-electron chi connectivity index (χ4n) is 2.82. The molecule has 0 unspecified atom stereocenters. The van der Waals surface area contributed by atoms with Crippen molar-refractivity contribution in [3.05, 3.63) is 0 Å². The van der Waals surface area contributed by atoms with Crippen LogP contribution in [0.3, 0.4) is 0 Å². The Kier molecular flexibility index (Phi) is 4.43. The first-order chi connectivity index (χ1) is 8.27. The fourth-order valence-corrected chi connectivity index (χ4v) is 2.82. The molecule has 1 saturated carbocycles. The average molecular weight is 239 g/mol. The van der Waals surface area contributed by atoms with Crippen LogP contribution in [0, 0.1) is 11.3 Å². The van der Waals surface area contributed by atoms with Gasteiger partial charge < -0.3 is 10.1 Å². The maximum atomic E-state index is 12.3. The molecule has 1 heterocycles. The zero-order valence-electron chi connectivity index (χ0n) is 11.0. The molecule has 1 N–H and O–H groups in total. The van der Waals surface area contributed by atoms with Crippen molar-refractivity contribution in [2.75, 3.05) is 19.7 Å². The van der Waals surface area contributed by atoms with Crippen molar-refractivity contribution in [3.63, 3.8) is 0 Å². The lowest BCUT2D eigenvalue weighted by Crippen LogP contribution is -2.43. The number of carbonyl (C=O) groups excluding carboxylic acids is 1. The van der Waals surface area contributed by atoms with E-state index in [1.807, 2.05) is 0 Å². The molecule has 0 amide bonds. The van der Waals surface area contributed by atoms with E-state index in [-0.39, 0.29) is 11.4 Å². The monoisotopic (exact) mass is 239 g/mol. The van der Waals surface area contributed by atoms with E-state index in [1.165, 1.54) is 12.8 Å². The van der Waals surface area contributed by atoms with Crippen molar-refractivity contribution in [1.29, 1.82) is 0 Å². The average Bonchev–Trinajstić information content (AvgIpc) is 3.14. The maximum absolute atomic E-state index is 12.3. The van der Waals surface area contributed by atoms with Crippen molar-refractivity contribution < 1.29 is 9.53 Å². The SMILES string of the molecule is CCCC1(C(=O)OCCC2CC2)CCNCC1. The van der Waals surface area contributed by atoms with Gasteiger partial charge >= 0.3 is 5.97 Å². The molecule has 0 atom stereocenters. The van der Waals surface area contributed by atoms with Gasteiger partial charge in [0.1, 0.15) is 0 Å². The summed E-state index contributed by atoms with van der Waals surface area (Å²) in [5.41, 5.74) is -0.177. The fraction of sp³-hybridized carbons (Fsp3) is 0.929. The largest absolute Gasteiger partial charge is 0.465 e. The van der Waals surface area contributed by atoms with Crippen LogP contribution >= 0.6 is 0 Å². The van der Waals surface area contributed by atoms with E-state index in [2.05, 4.69) is 12.2 Å². The number of hydrogen-bond acceptors (Lipinski definition) is 3. The predicted molar refractivity (Wildman–Crippen MR) is 67.7 cm³/mol. The van der Waals surface area contributed by atoms with Gasteiger partial charge in [0.25, 0.3) is 0 Å². The zero-order valence-corrected chi connectivity index (χ0v) is 11.0. The molecule has 0 aromatic carbocycles. The molecule has 2 fully saturated rings. The summed E-state index contributed by atoms with van der Waals surface area (Å²) in [5.74, 6) is 0.916. The highest BCUT2D eigenvalue weighted by atomic mass is 16.5. The quantitative estimate of drug-likeness (QED) is 0.724. The Morgan fingerprint density at radius 1 is 1.35 bits per heavy atom. The lowest BCUT2D eigenvalue weighted by molar-refractivity contribution is -0.158. The normalized spacial score (nSPS) is 23.4. The van der Waals surface area contributed by atoms with E-state index in [9.17, 15) is 4.79 Å². The second-order valence-corrected chi connectivity index (χ2v) is 5.65. The number of esters is 1. The predicted octanol–water partition coefficient (Wildman–Crippen LogP) is 2.50. The van der Waals surface area contributed by atoms with Gasteiger partial charge in [-0.1, -0.05) is 26.2 Å². The molecule has 2 rings (SSSR count). The second-order valence-electron chi connectivity index (χ2n) is 5.65. The third-order valence-corrected chi connectivity index (χ3v) is 4.18. The Labute approximate surface area is 104 Å². The highest BCUT2D eigenvalue weighted by Crippen LogP contribution is 2.36. The molecule has 0 aromatic rings. The van der Waals surface area contributed by atoms with E-state index in [1.54, 1.807) is 0 Å². The Bertz CT molecular complexity index is 249. The third kappa shape index (κ3) is 3.44. The van der Waals surface area contributed by atoms with Gasteiger partial charge in [-0.3, -0.25) is 4.79 Å². The Balaban J connectivity index is 1.82. The van der Waals surface area contributed by atoms with Gasteiger partial charge in [-0.05, 0) is 44.7 Å². The minimum absolute atomic E-state index is 0.0708. The first-order valence-electron chi connectivity index (χ1n) is 7.15. The second kappa shape index (κ2) is 5.85. The van der Waals surface area contributed by atoms with E-state index in [0.717, 1.165) is 51.1 Å². The van der Waals surface area contributed by atoms with Gasteiger partial charge in [0.15, 0.2) is 0 Å². The van der Waals surface area contributed by atoms with Crippen LogP contribution in [0.1, 0.15) is 51.9 Å². The number of nitrogens with one attached hydrogen (secondary N) is 1. The Morgan fingerprint density at radius 3 is 2.65 bits per heavy atom. The standard InChI is InChI=1S/C14H25NO2/c1-2-6-14(7-9-15-10-8-14)13(16)17-11-5-12-3-4-12/h12,15H,2-11H2,1H3. The number of hydrogen-bond donors (Lipinski definition) is 1. The summed E-state index contributed by atoms with van der Waals surface area (Å²) in [5, 5.41) is 3.33. The van der Waals surface area contributed by atoms with Gasteiger partial charge in [0.05, 0.1) is 12.0 Å². The number of carbonyl (C=O) groups is 1. The van der Waals surface area contributed by atoms with Crippen molar-refractivity contribution in [1.82, 2.24) is 5.32 Å². The van der Waals surface area contributed by atoms with Gasteiger partial charge in [0.2, 0.25) is 0 Å². The van der Waals surface area contributed by atoms with Crippen LogP contribution in [0.25, 0.3) is 0 Å². The molecule has 3 nitrogen and oxygen atoms in total. The zero-order chi connectivity index (χ0) is 12.1. The smallest absolute Gasteiger partial charge is 0.312 e. The number of ether oxygens (including phenoxy) is 1. The van der Waals surface area contributed by atoms with Gasteiger partial charge in [0, 0.05) is 0 Å². The molecular weight excluding hydrogens is 214 g/mol. The molecule has 1 saturated heterocycles. The van der Waals surface area contributed by atoms with Crippen LogP contribution in [0.4, 0.5) is 0 Å². The molecule has 0 bridgehead atoms. The molecule has 17 heavy (non-hydrogen) atoms. The molecule has 0 spiro atoms. The lowest BCUT2D eigenvalue weighted by Gasteiger charge is -2.35. The van der Waals surface area contributed by atoms with Gasteiger partial charge in [-0.2, -0.15) is 0 Å². The molecule has 3 heteroatoms. The minimum atomic E-state index is -0.177.